The third-order valence-corrected chi connectivity index (χ3v) is 4.17. The predicted molar refractivity (Wildman–Crippen MR) is 92.4 cm³/mol. The third-order valence-electron chi connectivity index (χ3n) is 4.17. The Labute approximate surface area is 140 Å². The first-order chi connectivity index (χ1) is 11.2. The normalized spacial score (nSPS) is 10.9. The summed E-state index contributed by atoms with van der Waals surface area (Å²) in [4.78, 5) is 12.0. The van der Waals surface area contributed by atoms with Crippen LogP contribution in [0.25, 0.3) is 0 Å². The fourth-order valence-electron chi connectivity index (χ4n) is 2.79. The molecule has 132 valence electrons. The molecule has 0 saturated carbocycles. The molecule has 0 aliphatic carbocycles. The quantitative estimate of drug-likeness (QED) is 0.336. The van der Waals surface area contributed by atoms with Gasteiger partial charge in [-0.25, -0.2) is 4.79 Å². The second-order valence-corrected chi connectivity index (χ2v) is 6.14. The molecule has 0 atom stereocenters. The van der Waals surface area contributed by atoms with Gasteiger partial charge in [-0.3, -0.25) is 0 Å². The Morgan fingerprint density at radius 3 is 2.09 bits per heavy atom. The highest BCUT2D eigenvalue weighted by Crippen LogP contribution is 2.15. The van der Waals surface area contributed by atoms with Gasteiger partial charge in [0.15, 0.2) is 5.69 Å². The van der Waals surface area contributed by atoms with Crippen molar-refractivity contribution >= 4 is 5.97 Å². The molecule has 3 nitrogen and oxygen atoms in total. The van der Waals surface area contributed by atoms with Gasteiger partial charge in [0.2, 0.25) is 0 Å². The molecule has 0 aromatic carbocycles. The largest absolute Gasteiger partial charge is 0.461 e. The summed E-state index contributed by atoms with van der Waals surface area (Å²) in [5, 5.41) is 0. The van der Waals surface area contributed by atoms with Crippen LogP contribution in [0.3, 0.4) is 0 Å². The number of aryl methyl sites for hydroxylation is 1. The van der Waals surface area contributed by atoms with Crippen molar-refractivity contribution in [2.45, 2.75) is 84.5 Å². The number of carbonyl (C=O) groups excluding carboxylic acids is 1. The minimum absolute atomic E-state index is 0.00562. The maximum absolute atomic E-state index is 14.0. The van der Waals surface area contributed by atoms with Gasteiger partial charge in [0.25, 0.3) is 0 Å². The molecule has 1 aromatic rings. The maximum atomic E-state index is 14.0. The minimum Gasteiger partial charge on any atom is -0.461 e. The molecule has 0 saturated heterocycles. The molecule has 0 unspecified atom stereocenters. The number of nitrogens with zero attached hydrogens (tertiary/aromatic N) is 1. The first-order valence-corrected chi connectivity index (χ1v) is 9.24. The van der Waals surface area contributed by atoms with Crippen molar-refractivity contribution in [1.82, 2.24) is 4.79 Å². The standard InChI is InChI=1S/C19H32FNO2/c1-3-5-6-7-8-9-10-11-12-13-14-17-15-16-18(21(17)20)19(22)23-4-2/h15-16H,3-14H2,1-2H3. The Kier molecular flexibility index (Phi) is 10.4. The zero-order chi connectivity index (χ0) is 16.9. The Morgan fingerprint density at radius 2 is 1.52 bits per heavy atom. The van der Waals surface area contributed by atoms with Gasteiger partial charge in [-0.15, -0.1) is 0 Å². The summed E-state index contributed by atoms with van der Waals surface area (Å²) in [6.45, 7) is 4.22. The molecule has 0 N–H and O–H groups in total. The summed E-state index contributed by atoms with van der Waals surface area (Å²) < 4.78 is 18.8. The number of esters is 1. The van der Waals surface area contributed by atoms with E-state index >= 15 is 0 Å². The topological polar surface area (TPSA) is 31.2 Å². The van der Waals surface area contributed by atoms with Crippen LogP contribution >= 0.6 is 0 Å². The van der Waals surface area contributed by atoms with Crippen molar-refractivity contribution in [2.75, 3.05) is 6.61 Å². The second-order valence-electron chi connectivity index (χ2n) is 6.14. The number of rotatable bonds is 13. The van der Waals surface area contributed by atoms with Gasteiger partial charge in [0.05, 0.1) is 12.3 Å². The number of halogens is 1. The summed E-state index contributed by atoms with van der Waals surface area (Å²) in [6, 6.07) is 3.18. The minimum atomic E-state index is -0.593. The zero-order valence-electron chi connectivity index (χ0n) is 14.8. The summed E-state index contributed by atoms with van der Waals surface area (Å²) in [5.41, 5.74) is 0.557. The van der Waals surface area contributed by atoms with Crippen LogP contribution < -0.4 is 0 Å². The van der Waals surface area contributed by atoms with Crippen LogP contribution in [0, 0.1) is 0 Å². The van der Waals surface area contributed by atoms with Gasteiger partial charge in [0.1, 0.15) is 0 Å². The van der Waals surface area contributed by atoms with Crippen molar-refractivity contribution in [2.24, 2.45) is 0 Å². The molecule has 1 heterocycles. The number of aromatic nitrogens is 1. The summed E-state index contributed by atoms with van der Waals surface area (Å²) in [7, 11) is 0. The Hall–Kier alpha value is -1.32. The molecule has 23 heavy (non-hydrogen) atoms. The first kappa shape index (κ1) is 19.7. The fourth-order valence-corrected chi connectivity index (χ4v) is 2.79. The molecule has 1 aromatic heterocycles. The lowest BCUT2D eigenvalue weighted by Crippen LogP contribution is -2.09. The molecule has 1 rings (SSSR count). The van der Waals surface area contributed by atoms with E-state index in [-0.39, 0.29) is 12.3 Å². The molecule has 0 fully saturated rings. The van der Waals surface area contributed by atoms with E-state index in [0.29, 0.717) is 16.9 Å². The molecular weight excluding hydrogens is 293 g/mol. The number of hydrogen-bond acceptors (Lipinski definition) is 2. The summed E-state index contributed by atoms with van der Waals surface area (Å²) in [5.74, 6) is -0.593. The molecule has 0 radical (unpaired) electrons. The van der Waals surface area contributed by atoms with Crippen LogP contribution in [-0.4, -0.2) is 17.4 Å². The highest BCUT2D eigenvalue weighted by molar-refractivity contribution is 5.87. The summed E-state index contributed by atoms with van der Waals surface area (Å²) in [6.07, 6.45) is 13.3. The highest BCUT2D eigenvalue weighted by atomic mass is 19.2. The monoisotopic (exact) mass is 325 g/mol. The van der Waals surface area contributed by atoms with Crippen LogP contribution in [0.1, 0.15) is 94.2 Å². The van der Waals surface area contributed by atoms with E-state index in [9.17, 15) is 9.28 Å². The fraction of sp³-hybridized carbons (Fsp3) is 0.737. The summed E-state index contributed by atoms with van der Waals surface area (Å²) >= 11 is 0. The molecule has 0 bridgehead atoms. The number of unbranched alkanes of at least 4 members (excludes halogenated alkanes) is 9. The van der Waals surface area contributed by atoms with Crippen LogP contribution in [0.4, 0.5) is 4.48 Å². The molecule has 0 spiro atoms. The average molecular weight is 325 g/mol. The van der Waals surface area contributed by atoms with Gasteiger partial charge < -0.3 is 4.74 Å². The lowest BCUT2D eigenvalue weighted by Gasteiger charge is -2.04. The van der Waals surface area contributed by atoms with Crippen molar-refractivity contribution in [3.63, 3.8) is 0 Å². The first-order valence-electron chi connectivity index (χ1n) is 9.24. The molecular formula is C19H32FNO2. The maximum Gasteiger partial charge on any atom is 0.357 e. The number of hydrogen-bond donors (Lipinski definition) is 0. The van der Waals surface area contributed by atoms with Crippen LogP contribution in [0.15, 0.2) is 12.1 Å². The number of carbonyl (C=O) groups is 1. The smallest absolute Gasteiger partial charge is 0.357 e. The van der Waals surface area contributed by atoms with Gasteiger partial charge in [0, 0.05) is 0 Å². The Morgan fingerprint density at radius 1 is 0.957 bits per heavy atom. The van der Waals surface area contributed by atoms with Crippen LogP contribution in [0.2, 0.25) is 0 Å². The number of ether oxygens (including phenoxy) is 1. The lowest BCUT2D eigenvalue weighted by atomic mass is 10.1. The van der Waals surface area contributed by atoms with E-state index in [2.05, 4.69) is 6.92 Å². The lowest BCUT2D eigenvalue weighted by molar-refractivity contribution is 0.0500. The van der Waals surface area contributed by atoms with E-state index < -0.39 is 5.97 Å². The second kappa shape index (κ2) is 12.1. The zero-order valence-corrected chi connectivity index (χ0v) is 14.8. The Bertz CT molecular complexity index is 443. The van der Waals surface area contributed by atoms with Crippen molar-refractivity contribution in [3.05, 3.63) is 23.5 Å². The molecule has 0 aliphatic heterocycles. The van der Waals surface area contributed by atoms with Crippen molar-refractivity contribution in [1.29, 1.82) is 0 Å². The van der Waals surface area contributed by atoms with Gasteiger partial charge in [-0.1, -0.05) is 69.2 Å². The van der Waals surface area contributed by atoms with E-state index in [1.165, 1.54) is 57.4 Å². The van der Waals surface area contributed by atoms with E-state index in [1.54, 1.807) is 13.0 Å². The van der Waals surface area contributed by atoms with Gasteiger partial charge >= 0.3 is 5.97 Å². The van der Waals surface area contributed by atoms with Gasteiger partial charge in [-0.2, -0.15) is 4.79 Å². The van der Waals surface area contributed by atoms with E-state index in [0.717, 1.165) is 12.8 Å². The van der Waals surface area contributed by atoms with Crippen molar-refractivity contribution in [3.8, 4) is 0 Å². The average Bonchev–Trinajstić information content (AvgIpc) is 2.90. The van der Waals surface area contributed by atoms with Gasteiger partial charge in [-0.05, 0) is 31.9 Å². The molecule has 4 heteroatoms. The third kappa shape index (κ3) is 7.67. The SMILES string of the molecule is CCCCCCCCCCCCc1ccc(C(=O)OCC)n1F. The van der Waals surface area contributed by atoms with E-state index in [1.807, 2.05) is 0 Å². The van der Waals surface area contributed by atoms with Crippen LogP contribution in [0.5, 0.6) is 0 Å². The van der Waals surface area contributed by atoms with Crippen LogP contribution in [-0.2, 0) is 11.2 Å². The molecule has 0 amide bonds. The predicted octanol–water partition coefficient (Wildman–Crippen LogP) is 5.86. The van der Waals surface area contributed by atoms with E-state index in [4.69, 9.17) is 4.74 Å². The highest BCUT2D eigenvalue weighted by Gasteiger charge is 2.15. The Balaban J connectivity index is 2.11. The van der Waals surface area contributed by atoms with Crippen molar-refractivity contribution < 1.29 is 14.0 Å². The molecule has 0 aliphatic rings.